The van der Waals surface area contributed by atoms with E-state index in [0.717, 1.165) is 6.61 Å². The normalized spacial score (nSPS) is 26.7. The predicted octanol–water partition coefficient (Wildman–Crippen LogP) is -0.243. The molecule has 0 saturated carbocycles. The molecule has 9 heavy (non-hydrogen) atoms. The molecule has 2 nitrogen and oxygen atoms in total. The van der Waals surface area contributed by atoms with Gasteiger partial charge in [0.1, 0.15) is 0 Å². The van der Waals surface area contributed by atoms with E-state index in [1.807, 2.05) is 0 Å². The SMILES string of the molecule is [O]=[Zn].[SiH3]C1CCCCO1. The molecule has 50 valence electrons. The first kappa shape index (κ1) is 9.60. The molecule has 0 aromatic rings. The van der Waals surface area contributed by atoms with E-state index in [1.54, 1.807) is 0 Å². The molecule has 0 N–H and O–H groups in total. The maximum absolute atomic E-state index is 8.38. The molecule has 1 rings (SSSR count). The molecule has 1 unspecified atom stereocenters. The molecule has 0 amide bonds. The van der Waals surface area contributed by atoms with Gasteiger partial charge in [-0.2, -0.15) is 0 Å². The van der Waals surface area contributed by atoms with Crippen LogP contribution in [0, 0.1) is 0 Å². The van der Waals surface area contributed by atoms with Gasteiger partial charge in [-0.3, -0.25) is 0 Å². The van der Waals surface area contributed by atoms with Gasteiger partial charge < -0.3 is 4.74 Å². The Balaban J connectivity index is 0.000000291. The molecule has 1 saturated heterocycles. The summed E-state index contributed by atoms with van der Waals surface area (Å²) in [6.45, 7) is 1.02. The van der Waals surface area contributed by atoms with Gasteiger partial charge in [-0.15, -0.1) is 0 Å². The molecule has 0 spiro atoms. The van der Waals surface area contributed by atoms with Crippen molar-refractivity contribution in [2.75, 3.05) is 6.61 Å². The smallest absolute Gasteiger partial charge is 0.0465 e. The summed E-state index contributed by atoms with van der Waals surface area (Å²) < 4.78 is 13.7. The van der Waals surface area contributed by atoms with Crippen LogP contribution < -0.4 is 0 Å². The number of hydrogen-bond donors (Lipinski definition) is 0. The summed E-state index contributed by atoms with van der Waals surface area (Å²) >= 11 is 0.125. The summed E-state index contributed by atoms with van der Waals surface area (Å²) in [6.07, 6.45) is 4.01. The van der Waals surface area contributed by atoms with Gasteiger partial charge in [0.25, 0.3) is 0 Å². The van der Waals surface area contributed by atoms with Crippen LogP contribution in [0.1, 0.15) is 19.3 Å². The van der Waals surface area contributed by atoms with Gasteiger partial charge in [0.15, 0.2) is 0 Å². The quantitative estimate of drug-likeness (QED) is 0.501. The Kier molecular flexibility index (Phi) is 7.16. The van der Waals surface area contributed by atoms with E-state index in [4.69, 9.17) is 8.31 Å². The zero-order chi connectivity index (χ0) is 7.11. The Morgan fingerprint density at radius 3 is 2.33 bits per heavy atom. The molecule has 1 fully saturated rings. The zero-order valence-corrected chi connectivity index (χ0v) is 10.9. The van der Waals surface area contributed by atoms with Crippen molar-refractivity contribution in [3.05, 3.63) is 0 Å². The molecule has 1 atom stereocenters. The second-order valence-corrected chi connectivity index (χ2v) is 3.47. The minimum Gasteiger partial charge on any atom is -0.383 e. The molecular weight excluding hydrogens is 186 g/mol. The monoisotopic (exact) mass is 196 g/mol. The van der Waals surface area contributed by atoms with E-state index in [1.165, 1.54) is 29.5 Å². The molecule has 0 radical (unpaired) electrons. The van der Waals surface area contributed by atoms with Gasteiger partial charge in [0.2, 0.25) is 0 Å². The predicted molar refractivity (Wildman–Crippen MR) is 34.2 cm³/mol. The van der Waals surface area contributed by atoms with Crippen LogP contribution in [0.15, 0.2) is 0 Å². The van der Waals surface area contributed by atoms with E-state index in [9.17, 15) is 0 Å². The molecule has 0 aliphatic carbocycles. The first-order valence-electron chi connectivity index (χ1n) is 3.30. The summed E-state index contributed by atoms with van der Waals surface area (Å²) in [6, 6.07) is 0. The summed E-state index contributed by atoms with van der Waals surface area (Å²) in [7, 11) is 1.23. The van der Waals surface area contributed by atoms with Crippen LogP contribution in [0.25, 0.3) is 0 Å². The van der Waals surface area contributed by atoms with Crippen molar-refractivity contribution in [3.8, 4) is 0 Å². The van der Waals surface area contributed by atoms with Crippen LogP contribution in [0.5, 0.6) is 0 Å². The fourth-order valence-electron chi connectivity index (χ4n) is 0.902. The van der Waals surface area contributed by atoms with Crippen molar-refractivity contribution in [3.63, 3.8) is 0 Å². The van der Waals surface area contributed by atoms with Crippen molar-refractivity contribution in [1.29, 1.82) is 0 Å². The molecule has 1 heterocycles. The second-order valence-electron chi connectivity index (χ2n) is 2.18. The molecular formula is C5H12O2SiZn. The standard InChI is InChI=1S/C5H12OSi.O.Zn/c7-5-3-1-2-4-6-5;;/h5H,1-4H2,7H3;;. The van der Waals surface area contributed by atoms with Gasteiger partial charge in [-0.1, -0.05) is 0 Å². The van der Waals surface area contributed by atoms with E-state index in [-0.39, 0.29) is 18.3 Å². The van der Waals surface area contributed by atoms with Gasteiger partial charge >= 0.3 is 21.8 Å². The van der Waals surface area contributed by atoms with Crippen LogP contribution in [0.2, 0.25) is 0 Å². The summed E-state index contributed by atoms with van der Waals surface area (Å²) in [5.41, 5.74) is 0.675. The third kappa shape index (κ3) is 5.07. The van der Waals surface area contributed by atoms with Crippen molar-refractivity contribution in [1.82, 2.24) is 0 Å². The average molecular weight is 198 g/mol. The third-order valence-electron chi connectivity index (χ3n) is 1.41. The summed E-state index contributed by atoms with van der Waals surface area (Å²) in [5.74, 6) is 0. The molecule has 0 aromatic carbocycles. The molecule has 4 heteroatoms. The third-order valence-corrected chi connectivity index (χ3v) is 2.32. The van der Waals surface area contributed by atoms with Crippen molar-refractivity contribution in [2.45, 2.75) is 25.0 Å². The zero-order valence-electron chi connectivity index (χ0n) is 5.93. The maximum Gasteiger partial charge on any atom is 0.0465 e. The Labute approximate surface area is 68.7 Å². The number of hydrogen-bond acceptors (Lipinski definition) is 2. The van der Waals surface area contributed by atoms with E-state index < -0.39 is 0 Å². The topological polar surface area (TPSA) is 26.3 Å². The molecule has 0 aromatic heterocycles. The Hall–Kier alpha value is 0.600. The minimum atomic E-state index is 0.125. The average Bonchev–Trinajstić information content (AvgIpc) is 1.94. The van der Waals surface area contributed by atoms with E-state index in [2.05, 4.69) is 0 Å². The van der Waals surface area contributed by atoms with Gasteiger partial charge in [-0.25, -0.2) is 0 Å². The summed E-state index contributed by atoms with van der Waals surface area (Å²) in [5, 5.41) is 0. The van der Waals surface area contributed by atoms with Gasteiger partial charge in [0.05, 0.1) is 0 Å². The fourth-order valence-corrected chi connectivity index (χ4v) is 1.55. The fraction of sp³-hybridized carbons (Fsp3) is 1.00. The van der Waals surface area contributed by atoms with Gasteiger partial charge in [-0.05, 0) is 19.3 Å². The Morgan fingerprint density at radius 2 is 2.11 bits per heavy atom. The van der Waals surface area contributed by atoms with Crippen molar-refractivity contribution >= 4 is 10.2 Å². The van der Waals surface area contributed by atoms with Crippen molar-refractivity contribution in [2.24, 2.45) is 0 Å². The molecule has 1 aliphatic rings. The second kappa shape index (κ2) is 6.72. The Bertz CT molecular complexity index is 66.0. The van der Waals surface area contributed by atoms with E-state index >= 15 is 0 Å². The van der Waals surface area contributed by atoms with Gasteiger partial charge in [0, 0.05) is 22.6 Å². The number of ether oxygens (including phenoxy) is 1. The number of rotatable bonds is 0. The van der Waals surface area contributed by atoms with Crippen LogP contribution >= 0.6 is 0 Å². The molecule has 1 aliphatic heterocycles. The first-order chi connectivity index (χ1) is 4.39. The van der Waals surface area contributed by atoms with Crippen LogP contribution in [-0.2, 0) is 26.6 Å². The van der Waals surface area contributed by atoms with Crippen LogP contribution in [0.3, 0.4) is 0 Å². The molecule has 0 bridgehead atoms. The largest absolute Gasteiger partial charge is 0.383 e. The maximum atomic E-state index is 8.38. The van der Waals surface area contributed by atoms with Crippen LogP contribution in [0.4, 0.5) is 0 Å². The summed E-state index contributed by atoms with van der Waals surface area (Å²) in [4.78, 5) is 0. The van der Waals surface area contributed by atoms with E-state index in [0.29, 0.717) is 5.73 Å². The minimum absolute atomic E-state index is 0.125. The Morgan fingerprint density at radius 1 is 1.44 bits per heavy atom. The van der Waals surface area contributed by atoms with Crippen LogP contribution in [-0.4, -0.2) is 22.6 Å². The van der Waals surface area contributed by atoms with Crippen molar-refractivity contribution < 1.29 is 26.6 Å². The first-order valence-corrected chi connectivity index (χ1v) is 5.66.